The first-order valence-corrected chi connectivity index (χ1v) is 9.49. The highest BCUT2D eigenvalue weighted by Crippen LogP contribution is 2.14. The minimum atomic E-state index is -3.24. The van der Waals surface area contributed by atoms with Crippen LogP contribution in [0.25, 0.3) is 11.0 Å². The van der Waals surface area contributed by atoms with Crippen LogP contribution in [0.2, 0.25) is 0 Å². The topological polar surface area (TPSA) is 104 Å². The summed E-state index contributed by atoms with van der Waals surface area (Å²) in [5, 5.41) is 2.79. The van der Waals surface area contributed by atoms with E-state index < -0.39 is 10.0 Å². The van der Waals surface area contributed by atoms with Gasteiger partial charge in [-0.05, 0) is 25.1 Å². The number of sulfonamides is 1. The van der Waals surface area contributed by atoms with E-state index in [9.17, 15) is 13.2 Å². The fourth-order valence-electron chi connectivity index (χ4n) is 2.70. The van der Waals surface area contributed by atoms with Crippen molar-refractivity contribution in [3.05, 3.63) is 29.6 Å². The maximum absolute atomic E-state index is 12.3. The SMILES string of the molecule is Cc1nc2ccc(C(=O)NC[C@H]3CN(S(C)(=O)=O)CCO3)cc2[nH]1. The second-order valence-electron chi connectivity index (χ2n) is 5.88. The Balaban J connectivity index is 1.62. The Kier molecular flexibility index (Phi) is 4.57. The lowest BCUT2D eigenvalue weighted by Gasteiger charge is -2.31. The fourth-order valence-corrected chi connectivity index (χ4v) is 3.55. The summed E-state index contributed by atoms with van der Waals surface area (Å²) in [6, 6.07) is 5.24. The van der Waals surface area contributed by atoms with E-state index in [2.05, 4.69) is 15.3 Å². The zero-order valence-corrected chi connectivity index (χ0v) is 14.4. The zero-order chi connectivity index (χ0) is 17.3. The number of benzene rings is 1. The summed E-state index contributed by atoms with van der Waals surface area (Å²) in [7, 11) is -3.24. The molecule has 2 N–H and O–H groups in total. The second-order valence-corrected chi connectivity index (χ2v) is 7.86. The quantitative estimate of drug-likeness (QED) is 0.821. The third-order valence-corrected chi connectivity index (χ3v) is 5.19. The predicted molar refractivity (Wildman–Crippen MR) is 89.3 cm³/mol. The molecule has 1 amide bonds. The second kappa shape index (κ2) is 6.50. The molecule has 9 heteroatoms. The summed E-state index contributed by atoms with van der Waals surface area (Å²) in [6.45, 7) is 3.03. The van der Waals surface area contributed by atoms with Crippen LogP contribution in [0.3, 0.4) is 0 Å². The number of aromatic amines is 1. The summed E-state index contributed by atoms with van der Waals surface area (Å²) < 4.78 is 30.1. The van der Waals surface area contributed by atoms with Crippen LogP contribution in [-0.4, -0.2) is 67.2 Å². The number of morpholine rings is 1. The third-order valence-electron chi connectivity index (χ3n) is 3.92. The van der Waals surface area contributed by atoms with Crippen LogP contribution in [0.5, 0.6) is 0 Å². The third kappa shape index (κ3) is 3.74. The van der Waals surface area contributed by atoms with E-state index in [0.29, 0.717) is 18.7 Å². The van der Waals surface area contributed by atoms with Gasteiger partial charge in [0, 0.05) is 25.2 Å². The standard InChI is InChI=1S/C15H20N4O4S/c1-10-17-13-4-3-11(7-14(13)18-10)15(20)16-8-12-9-19(5-6-23-12)24(2,21)22/h3-4,7,12H,5-6,8-9H2,1-2H3,(H,16,20)(H,17,18)/t12-/m0/s1. The van der Waals surface area contributed by atoms with Crippen molar-refractivity contribution in [1.82, 2.24) is 19.6 Å². The van der Waals surface area contributed by atoms with Crippen molar-refractivity contribution in [3.63, 3.8) is 0 Å². The molecular formula is C15H20N4O4S. The summed E-state index contributed by atoms with van der Waals surface area (Å²) in [5.74, 6) is 0.559. The van der Waals surface area contributed by atoms with Crippen molar-refractivity contribution in [1.29, 1.82) is 0 Å². The first-order valence-electron chi connectivity index (χ1n) is 7.64. The minimum Gasteiger partial charge on any atom is -0.374 e. The zero-order valence-electron chi connectivity index (χ0n) is 13.6. The van der Waals surface area contributed by atoms with Gasteiger partial charge in [0.15, 0.2) is 0 Å². The Morgan fingerprint density at radius 2 is 2.29 bits per heavy atom. The normalized spacial score (nSPS) is 19.5. The number of H-pyrrole nitrogens is 1. The first kappa shape index (κ1) is 16.9. The molecule has 3 rings (SSSR count). The Labute approximate surface area is 140 Å². The average molecular weight is 352 g/mol. The number of fused-ring (bicyclic) bond motifs is 1. The van der Waals surface area contributed by atoms with Crippen molar-refractivity contribution in [3.8, 4) is 0 Å². The van der Waals surface area contributed by atoms with Crippen LogP contribution in [0.15, 0.2) is 18.2 Å². The van der Waals surface area contributed by atoms with Crippen LogP contribution >= 0.6 is 0 Å². The number of hydrogen-bond acceptors (Lipinski definition) is 5. The largest absolute Gasteiger partial charge is 0.374 e. The number of amides is 1. The number of carbonyl (C=O) groups excluding carboxylic acids is 1. The van der Waals surface area contributed by atoms with E-state index in [1.54, 1.807) is 18.2 Å². The number of ether oxygens (including phenoxy) is 1. The van der Waals surface area contributed by atoms with E-state index >= 15 is 0 Å². The summed E-state index contributed by atoms with van der Waals surface area (Å²) in [4.78, 5) is 19.7. The molecule has 1 aliphatic rings. The highest BCUT2D eigenvalue weighted by molar-refractivity contribution is 7.88. The van der Waals surface area contributed by atoms with Gasteiger partial charge in [-0.25, -0.2) is 13.4 Å². The van der Waals surface area contributed by atoms with Gasteiger partial charge in [-0.3, -0.25) is 4.79 Å². The number of aromatic nitrogens is 2. The lowest BCUT2D eigenvalue weighted by Crippen LogP contribution is -2.49. The van der Waals surface area contributed by atoms with Crippen LogP contribution in [0, 0.1) is 6.92 Å². The molecule has 0 aliphatic carbocycles. The monoisotopic (exact) mass is 352 g/mol. The van der Waals surface area contributed by atoms with Crippen molar-refractivity contribution in [2.75, 3.05) is 32.5 Å². The molecule has 24 heavy (non-hydrogen) atoms. The van der Waals surface area contributed by atoms with Gasteiger partial charge < -0.3 is 15.0 Å². The van der Waals surface area contributed by atoms with Crippen molar-refractivity contribution in [2.24, 2.45) is 0 Å². The molecule has 2 heterocycles. The highest BCUT2D eigenvalue weighted by atomic mass is 32.2. The van der Waals surface area contributed by atoms with Crippen LogP contribution < -0.4 is 5.32 Å². The summed E-state index contributed by atoms with van der Waals surface area (Å²) >= 11 is 0. The Hall–Kier alpha value is -1.97. The number of imidazole rings is 1. The van der Waals surface area contributed by atoms with Crippen LogP contribution in [0.4, 0.5) is 0 Å². The molecule has 0 spiro atoms. The van der Waals surface area contributed by atoms with Gasteiger partial charge in [0.25, 0.3) is 5.91 Å². The molecule has 1 fully saturated rings. The average Bonchev–Trinajstić information content (AvgIpc) is 2.91. The van der Waals surface area contributed by atoms with Crippen LogP contribution in [-0.2, 0) is 14.8 Å². The molecule has 0 bridgehead atoms. The summed E-state index contributed by atoms with van der Waals surface area (Å²) in [5.41, 5.74) is 2.13. The van der Waals surface area contributed by atoms with Crippen LogP contribution in [0.1, 0.15) is 16.2 Å². The van der Waals surface area contributed by atoms with E-state index in [0.717, 1.165) is 16.9 Å². The maximum atomic E-state index is 12.3. The van der Waals surface area contributed by atoms with Crippen molar-refractivity contribution >= 4 is 27.0 Å². The van der Waals surface area contributed by atoms with E-state index in [4.69, 9.17) is 4.74 Å². The Morgan fingerprint density at radius 3 is 3.04 bits per heavy atom. The summed E-state index contributed by atoms with van der Waals surface area (Å²) in [6.07, 6.45) is 0.825. The lowest BCUT2D eigenvalue weighted by molar-refractivity contribution is 0.000439. The number of aryl methyl sites for hydroxylation is 1. The van der Waals surface area contributed by atoms with E-state index in [-0.39, 0.29) is 25.1 Å². The molecule has 1 aromatic heterocycles. The predicted octanol–water partition coefficient (Wildman–Crippen LogP) is 0.262. The molecule has 1 aromatic carbocycles. The number of nitrogens with zero attached hydrogens (tertiary/aromatic N) is 2. The van der Waals surface area contributed by atoms with Gasteiger partial charge in [0.05, 0.1) is 30.0 Å². The molecule has 0 saturated carbocycles. The first-order chi connectivity index (χ1) is 11.3. The Morgan fingerprint density at radius 1 is 1.50 bits per heavy atom. The molecular weight excluding hydrogens is 332 g/mol. The Bertz CT molecular complexity index is 861. The molecule has 1 saturated heterocycles. The van der Waals surface area contributed by atoms with Gasteiger partial charge >= 0.3 is 0 Å². The molecule has 8 nitrogen and oxygen atoms in total. The molecule has 2 aromatic rings. The molecule has 1 aliphatic heterocycles. The van der Waals surface area contributed by atoms with Crippen molar-refractivity contribution in [2.45, 2.75) is 13.0 Å². The molecule has 0 radical (unpaired) electrons. The molecule has 130 valence electrons. The van der Waals surface area contributed by atoms with E-state index in [1.165, 1.54) is 10.6 Å². The number of nitrogens with one attached hydrogen (secondary N) is 2. The smallest absolute Gasteiger partial charge is 0.251 e. The fraction of sp³-hybridized carbons (Fsp3) is 0.467. The maximum Gasteiger partial charge on any atom is 0.251 e. The van der Waals surface area contributed by atoms with Gasteiger partial charge in [-0.2, -0.15) is 4.31 Å². The lowest BCUT2D eigenvalue weighted by atomic mass is 10.2. The number of rotatable bonds is 4. The van der Waals surface area contributed by atoms with Gasteiger partial charge in [-0.1, -0.05) is 0 Å². The minimum absolute atomic E-state index is 0.232. The van der Waals surface area contributed by atoms with Crippen molar-refractivity contribution < 1.29 is 17.9 Å². The van der Waals surface area contributed by atoms with Gasteiger partial charge in [0.2, 0.25) is 10.0 Å². The highest BCUT2D eigenvalue weighted by Gasteiger charge is 2.26. The molecule has 1 atom stereocenters. The number of carbonyl (C=O) groups is 1. The van der Waals surface area contributed by atoms with Gasteiger partial charge in [-0.15, -0.1) is 0 Å². The van der Waals surface area contributed by atoms with Gasteiger partial charge in [0.1, 0.15) is 5.82 Å². The molecule has 0 unspecified atom stereocenters. The number of hydrogen-bond donors (Lipinski definition) is 2. The van der Waals surface area contributed by atoms with E-state index in [1.807, 2.05) is 6.92 Å².